The van der Waals surface area contributed by atoms with Crippen molar-refractivity contribution in [1.82, 2.24) is 10.6 Å². The predicted octanol–water partition coefficient (Wildman–Crippen LogP) is 5.98. The van der Waals surface area contributed by atoms with Gasteiger partial charge >= 0.3 is 0 Å². The Balaban J connectivity index is 2.15. The third-order valence-corrected chi connectivity index (χ3v) is 5.38. The molecule has 0 aliphatic carbocycles. The van der Waals surface area contributed by atoms with Crippen molar-refractivity contribution in [1.29, 1.82) is 0 Å². The van der Waals surface area contributed by atoms with Crippen molar-refractivity contribution in [3.8, 4) is 11.1 Å². The normalized spacial score (nSPS) is 12.7. The van der Waals surface area contributed by atoms with Crippen molar-refractivity contribution < 1.29 is 0 Å². The van der Waals surface area contributed by atoms with Crippen LogP contribution in [-0.4, -0.2) is 19.6 Å². The van der Waals surface area contributed by atoms with Crippen LogP contribution >= 0.6 is 11.6 Å². The second-order valence-corrected chi connectivity index (χ2v) is 7.86. The van der Waals surface area contributed by atoms with E-state index in [1.54, 1.807) is 0 Å². The molecule has 0 aliphatic rings. The summed E-state index contributed by atoms with van der Waals surface area (Å²) < 4.78 is 0. The van der Waals surface area contributed by atoms with Gasteiger partial charge in [0.2, 0.25) is 0 Å². The fourth-order valence-electron chi connectivity index (χ4n) is 3.65. The second kappa shape index (κ2) is 8.88. The van der Waals surface area contributed by atoms with E-state index in [-0.39, 0.29) is 6.04 Å². The maximum Gasteiger partial charge on any atom is 0.0412 e. The Morgan fingerprint density at radius 2 is 1.70 bits per heavy atom. The lowest BCUT2D eigenvalue weighted by Gasteiger charge is -2.21. The standard InChI is InChI=1S/C24H29ClN2/c1-16(2)27-14-13-19-9-11-20(25)15-23(19)22-12-10-18-7-5-6-8-21(18)24(22)17(3)26-4/h5-12,15-17,26-27H,13-14H2,1-4H3/t17-/m1/s1. The molecule has 0 amide bonds. The number of rotatable bonds is 7. The van der Waals surface area contributed by atoms with Gasteiger partial charge in [0, 0.05) is 17.1 Å². The zero-order chi connectivity index (χ0) is 19.4. The highest BCUT2D eigenvalue weighted by Crippen LogP contribution is 2.37. The fourth-order valence-corrected chi connectivity index (χ4v) is 3.83. The van der Waals surface area contributed by atoms with E-state index >= 15 is 0 Å². The monoisotopic (exact) mass is 380 g/mol. The lowest BCUT2D eigenvalue weighted by atomic mass is 9.88. The molecular formula is C24H29ClN2. The molecule has 3 aromatic rings. The van der Waals surface area contributed by atoms with Gasteiger partial charge in [-0.05, 0) is 72.1 Å². The van der Waals surface area contributed by atoms with Crippen LogP contribution in [0.5, 0.6) is 0 Å². The minimum Gasteiger partial charge on any atom is -0.314 e. The summed E-state index contributed by atoms with van der Waals surface area (Å²) in [7, 11) is 2.02. The van der Waals surface area contributed by atoms with Gasteiger partial charge in [0.25, 0.3) is 0 Å². The second-order valence-electron chi connectivity index (χ2n) is 7.42. The molecule has 2 N–H and O–H groups in total. The molecule has 2 nitrogen and oxygen atoms in total. The Morgan fingerprint density at radius 1 is 0.926 bits per heavy atom. The van der Waals surface area contributed by atoms with Gasteiger partial charge in [0.1, 0.15) is 0 Å². The molecule has 27 heavy (non-hydrogen) atoms. The topological polar surface area (TPSA) is 24.1 Å². The first-order chi connectivity index (χ1) is 13.0. The van der Waals surface area contributed by atoms with Crippen LogP contribution < -0.4 is 10.6 Å². The number of hydrogen-bond acceptors (Lipinski definition) is 2. The lowest BCUT2D eigenvalue weighted by Crippen LogP contribution is -2.25. The number of fused-ring (bicyclic) bond motifs is 1. The van der Waals surface area contributed by atoms with E-state index in [1.165, 1.54) is 33.0 Å². The van der Waals surface area contributed by atoms with Gasteiger partial charge in [0.05, 0.1) is 0 Å². The number of nitrogens with one attached hydrogen (secondary N) is 2. The molecule has 0 radical (unpaired) electrons. The highest BCUT2D eigenvalue weighted by molar-refractivity contribution is 6.31. The van der Waals surface area contributed by atoms with E-state index in [0.29, 0.717) is 6.04 Å². The van der Waals surface area contributed by atoms with E-state index in [9.17, 15) is 0 Å². The Morgan fingerprint density at radius 3 is 2.44 bits per heavy atom. The van der Waals surface area contributed by atoms with Crippen molar-refractivity contribution >= 4 is 22.4 Å². The van der Waals surface area contributed by atoms with Crippen molar-refractivity contribution in [2.75, 3.05) is 13.6 Å². The molecule has 3 rings (SSSR count). The summed E-state index contributed by atoms with van der Waals surface area (Å²) >= 11 is 6.40. The Kier molecular flexibility index (Phi) is 6.54. The highest BCUT2D eigenvalue weighted by Gasteiger charge is 2.17. The first-order valence-electron chi connectivity index (χ1n) is 9.72. The van der Waals surface area contributed by atoms with E-state index in [4.69, 9.17) is 11.6 Å². The third-order valence-electron chi connectivity index (χ3n) is 5.15. The first-order valence-corrected chi connectivity index (χ1v) is 10.1. The zero-order valence-corrected chi connectivity index (χ0v) is 17.4. The largest absolute Gasteiger partial charge is 0.314 e. The average molecular weight is 381 g/mol. The molecule has 0 saturated heterocycles. The molecule has 142 valence electrons. The molecule has 0 aliphatic heterocycles. The van der Waals surface area contributed by atoms with Gasteiger partial charge in [-0.3, -0.25) is 0 Å². The summed E-state index contributed by atoms with van der Waals surface area (Å²) in [5, 5.41) is 10.3. The Bertz CT molecular complexity index is 917. The molecule has 0 spiro atoms. The minimum absolute atomic E-state index is 0.242. The lowest BCUT2D eigenvalue weighted by molar-refractivity contribution is 0.590. The van der Waals surface area contributed by atoms with E-state index in [1.807, 2.05) is 13.1 Å². The summed E-state index contributed by atoms with van der Waals surface area (Å²) in [5.74, 6) is 0. The van der Waals surface area contributed by atoms with Crippen molar-refractivity contribution in [2.45, 2.75) is 39.3 Å². The van der Waals surface area contributed by atoms with Crippen molar-refractivity contribution in [3.63, 3.8) is 0 Å². The van der Waals surface area contributed by atoms with Crippen LogP contribution in [0.25, 0.3) is 21.9 Å². The van der Waals surface area contributed by atoms with Crippen LogP contribution in [0.3, 0.4) is 0 Å². The maximum absolute atomic E-state index is 6.40. The van der Waals surface area contributed by atoms with Crippen molar-refractivity contribution in [2.24, 2.45) is 0 Å². The van der Waals surface area contributed by atoms with Crippen LogP contribution in [0, 0.1) is 0 Å². The van der Waals surface area contributed by atoms with Crippen LogP contribution in [0.15, 0.2) is 54.6 Å². The summed E-state index contributed by atoms with van der Waals surface area (Å²) in [6, 6.07) is 20.1. The van der Waals surface area contributed by atoms with Gasteiger partial charge in [-0.1, -0.05) is 67.9 Å². The minimum atomic E-state index is 0.242. The average Bonchev–Trinajstić information content (AvgIpc) is 2.67. The highest BCUT2D eigenvalue weighted by atomic mass is 35.5. The van der Waals surface area contributed by atoms with Gasteiger partial charge in [0.15, 0.2) is 0 Å². The summed E-state index contributed by atoms with van der Waals surface area (Å²) in [5.41, 5.74) is 5.15. The van der Waals surface area contributed by atoms with Gasteiger partial charge in [-0.2, -0.15) is 0 Å². The van der Waals surface area contributed by atoms with Gasteiger partial charge in [-0.25, -0.2) is 0 Å². The summed E-state index contributed by atoms with van der Waals surface area (Å²) in [4.78, 5) is 0. The summed E-state index contributed by atoms with van der Waals surface area (Å²) in [6.07, 6.45) is 0.977. The maximum atomic E-state index is 6.40. The van der Waals surface area contributed by atoms with E-state index in [0.717, 1.165) is 18.0 Å². The van der Waals surface area contributed by atoms with Gasteiger partial charge < -0.3 is 10.6 Å². The molecular weight excluding hydrogens is 352 g/mol. The molecule has 3 heteroatoms. The smallest absolute Gasteiger partial charge is 0.0412 e. The predicted molar refractivity (Wildman–Crippen MR) is 119 cm³/mol. The fraction of sp³-hybridized carbons (Fsp3) is 0.333. The van der Waals surface area contributed by atoms with Gasteiger partial charge in [-0.15, -0.1) is 0 Å². The SMILES string of the molecule is CN[C@H](C)c1c(-c2cc(Cl)ccc2CCNC(C)C)ccc2ccccc12. The number of halogens is 1. The molecule has 0 unspecified atom stereocenters. The Labute approximate surface area is 167 Å². The zero-order valence-electron chi connectivity index (χ0n) is 16.6. The molecule has 0 bridgehead atoms. The van der Waals surface area contributed by atoms with E-state index < -0.39 is 0 Å². The third kappa shape index (κ3) is 4.52. The first kappa shape index (κ1) is 19.9. The molecule has 0 fully saturated rings. The quantitative estimate of drug-likeness (QED) is 0.526. The molecule has 0 saturated carbocycles. The van der Waals surface area contributed by atoms with E-state index in [2.05, 4.69) is 79.9 Å². The summed E-state index contributed by atoms with van der Waals surface area (Å²) in [6.45, 7) is 7.53. The van der Waals surface area contributed by atoms with Crippen LogP contribution in [0.2, 0.25) is 5.02 Å². The van der Waals surface area contributed by atoms with Crippen LogP contribution in [0.1, 0.15) is 37.9 Å². The molecule has 0 aromatic heterocycles. The van der Waals surface area contributed by atoms with Crippen LogP contribution in [0.4, 0.5) is 0 Å². The Hall–Kier alpha value is -1.87. The molecule has 1 atom stereocenters. The van der Waals surface area contributed by atoms with Crippen molar-refractivity contribution in [3.05, 3.63) is 70.7 Å². The number of benzene rings is 3. The molecule has 0 heterocycles. The molecule has 3 aromatic carbocycles. The number of hydrogen-bond donors (Lipinski definition) is 2. The van der Waals surface area contributed by atoms with Crippen LogP contribution in [-0.2, 0) is 6.42 Å².